The van der Waals surface area contributed by atoms with Gasteiger partial charge in [0.25, 0.3) is 5.91 Å². The van der Waals surface area contributed by atoms with Crippen LogP contribution in [0.4, 0.5) is 0 Å². The van der Waals surface area contributed by atoms with Crippen molar-refractivity contribution in [1.82, 2.24) is 15.0 Å². The predicted octanol–water partition coefficient (Wildman–Crippen LogP) is 2.96. The van der Waals surface area contributed by atoms with E-state index >= 15 is 0 Å². The standard InChI is InChI=1S/C13H14BrN3O3/c1-2-11-15-12(16-20-11)8-4-3-7-17(8)13(18)9-5-6-10(14)19-9/h5-6,8H,2-4,7H2,1H3. The minimum Gasteiger partial charge on any atom is -0.444 e. The molecule has 1 fully saturated rings. The zero-order valence-corrected chi connectivity index (χ0v) is 12.6. The molecule has 0 bridgehead atoms. The second-order valence-electron chi connectivity index (χ2n) is 4.66. The molecule has 0 aliphatic carbocycles. The molecule has 0 aromatic carbocycles. The van der Waals surface area contributed by atoms with Crippen LogP contribution in [-0.2, 0) is 6.42 Å². The zero-order valence-electron chi connectivity index (χ0n) is 11.0. The SMILES string of the molecule is CCc1nc(C2CCCN2C(=O)c2ccc(Br)o2)no1. The van der Waals surface area contributed by atoms with Gasteiger partial charge in [-0.15, -0.1) is 0 Å². The normalized spacial score (nSPS) is 18.7. The highest BCUT2D eigenvalue weighted by molar-refractivity contribution is 9.10. The predicted molar refractivity (Wildman–Crippen MR) is 73.1 cm³/mol. The lowest BCUT2D eigenvalue weighted by Crippen LogP contribution is -2.30. The molecule has 1 saturated heterocycles. The minimum atomic E-state index is -0.138. The van der Waals surface area contributed by atoms with E-state index in [9.17, 15) is 4.79 Å². The molecule has 6 nitrogen and oxygen atoms in total. The number of furan rings is 1. The Morgan fingerprint density at radius 2 is 2.40 bits per heavy atom. The van der Waals surface area contributed by atoms with Gasteiger partial charge in [0, 0.05) is 13.0 Å². The van der Waals surface area contributed by atoms with Crippen LogP contribution in [0, 0.1) is 0 Å². The number of aryl methyl sites for hydroxylation is 1. The Labute approximate surface area is 124 Å². The first-order chi connectivity index (χ1) is 9.69. The Kier molecular flexibility index (Phi) is 3.60. The summed E-state index contributed by atoms with van der Waals surface area (Å²) in [6, 6.07) is 3.24. The molecule has 7 heteroatoms. The molecule has 3 rings (SSSR count). The molecule has 0 N–H and O–H groups in total. The molecule has 1 unspecified atom stereocenters. The Bertz CT molecular complexity index is 622. The van der Waals surface area contributed by atoms with Crippen LogP contribution in [0.15, 0.2) is 25.7 Å². The maximum Gasteiger partial charge on any atom is 0.290 e. The third-order valence-electron chi connectivity index (χ3n) is 3.38. The Balaban J connectivity index is 1.83. The van der Waals surface area contributed by atoms with Crippen molar-refractivity contribution in [2.75, 3.05) is 6.54 Å². The summed E-state index contributed by atoms with van der Waals surface area (Å²) in [5.74, 6) is 1.36. The summed E-state index contributed by atoms with van der Waals surface area (Å²) in [4.78, 5) is 18.5. The van der Waals surface area contributed by atoms with Crippen molar-refractivity contribution in [3.63, 3.8) is 0 Å². The first-order valence-electron chi connectivity index (χ1n) is 6.58. The van der Waals surface area contributed by atoms with E-state index in [4.69, 9.17) is 8.94 Å². The fourth-order valence-electron chi connectivity index (χ4n) is 2.40. The lowest BCUT2D eigenvalue weighted by molar-refractivity contribution is 0.0694. The van der Waals surface area contributed by atoms with E-state index in [1.165, 1.54) is 0 Å². The van der Waals surface area contributed by atoms with Crippen molar-refractivity contribution in [2.45, 2.75) is 32.2 Å². The van der Waals surface area contributed by atoms with E-state index in [0.717, 1.165) is 12.8 Å². The van der Waals surface area contributed by atoms with Gasteiger partial charge < -0.3 is 13.8 Å². The maximum absolute atomic E-state index is 12.4. The average Bonchev–Trinajstić information content (AvgIpc) is 3.17. The molecule has 0 radical (unpaired) electrons. The first-order valence-corrected chi connectivity index (χ1v) is 7.37. The Morgan fingerprint density at radius 1 is 1.55 bits per heavy atom. The summed E-state index contributed by atoms with van der Waals surface area (Å²) < 4.78 is 11.0. The molecule has 1 atom stereocenters. The topological polar surface area (TPSA) is 72.4 Å². The summed E-state index contributed by atoms with van der Waals surface area (Å²) in [6.07, 6.45) is 2.46. The zero-order chi connectivity index (χ0) is 14.1. The molecule has 0 spiro atoms. The number of nitrogens with zero attached hydrogens (tertiary/aromatic N) is 3. The molecule has 106 valence electrons. The lowest BCUT2D eigenvalue weighted by atomic mass is 10.2. The summed E-state index contributed by atoms with van der Waals surface area (Å²) in [7, 11) is 0. The first kappa shape index (κ1) is 13.4. The molecule has 0 saturated carbocycles. The van der Waals surface area contributed by atoms with Gasteiger partial charge in [-0.25, -0.2) is 0 Å². The van der Waals surface area contributed by atoms with E-state index in [0.29, 0.717) is 35.1 Å². The number of amides is 1. The van der Waals surface area contributed by atoms with Crippen molar-refractivity contribution in [1.29, 1.82) is 0 Å². The van der Waals surface area contributed by atoms with Gasteiger partial charge in [0.2, 0.25) is 5.89 Å². The van der Waals surface area contributed by atoms with Crippen LogP contribution < -0.4 is 0 Å². The van der Waals surface area contributed by atoms with E-state index in [-0.39, 0.29) is 11.9 Å². The van der Waals surface area contributed by atoms with Gasteiger partial charge in [0.1, 0.15) is 0 Å². The van der Waals surface area contributed by atoms with Crippen LogP contribution in [0.3, 0.4) is 0 Å². The molecule has 2 aromatic rings. The third kappa shape index (κ3) is 2.37. The summed E-state index contributed by atoms with van der Waals surface area (Å²) >= 11 is 3.20. The van der Waals surface area contributed by atoms with Crippen LogP contribution in [0.1, 0.15) is 48.1 Å². The third-order valence-corrected chi connectivity index (χ3v) is 3.81. The number of hydrogen-bond acceptors (Lipinski definition) is 5. The number of halogens is 1. The van der Waals surface area contributed by atoms with Gasteiger partial charge >= 0.3 is 0 Å². The van der Waals surface area contributed by atoms with Gasteiger partial charge in [-0.1, -0.05) is 12.1 Å². The number of rotatable bonds is 3. The quantitative estimate of drug-likeness (QED) is 0.859. The number of likely N-dealkylation sites (tertiary alicyclic amines) is 1. The van der Waals surface area contributed by atoms with Crippen molar-refractivity contribution in [3.8, 4) is 0 Å². The number of carbonyl (C=O) groups is 1. The Morgan fingerprint density at radius 3 is 3.05 bits per heavy atom. The highest BCUT2D eigenvalue weighted by atomic mass is 79.9. The second kappa shape index (κ2) is 5.40. The largest absolute Gasteiger partial charge is 0.444 e. The second-order valence-corrected chi connectivity index (χ2v) is 5.44. The number of hydrogen-bond donors (Lipinski definition) is 0. The fourth-order valence-corrected chi connectivity index (χ4v) is 2.70. The smallest absolute Gasteiger partial charge is 0.290 e. The molecular weight excluding hydrogens is 326 g/mol. The van der Waals surface area contributed by atoms with Gasteiger partial charge in [-0.05, 0) is 40.9 Å². The van der Waals surface area contributed by atoms with Gasteiger partial charge in [0.15, 0.2) is 16.3 Å². The molecular formula is C13H14BrN3O3. The molecule has 20 heavy (non-hydrogen) atoms. The molecule has 1 amide bonds. The molecule has 1 aliphatic heterocycles. The van der Waals surface area contributed by atoms with Crippen LogP contribution in [0.5, 0.6) is 0 Å². The molecule has 1 aliphatic rings. The van der Waals surface area contributed by atoms with Crippen LogP contribution in [-0.4, -0.2) is 27.5 Å². The molecule has 3 heterocycles. The highest BCUT2D eigenvalue weighted by Gasteiger charge is 2.34. The Hall–Kier alpha value is -1.63. The summed E-state index contributed by atoms with van der Waals surface area (Å²) in [5.41, 5.74) is 0. The van der Waals surface area contributed by atoms with Crippen molar-refractivity contribution >= 4 is 21.8 Å². The highest BCUT2D eigenvalue weighted by Crippen LogP contribution is 2.32. The lowest BCUT2D eigenvalue weighted by Gasteiger charge is -2.20. The maximum atomic E-state index is 12.4. The summed E-state index contributed by atoms with van der Waals surface area (Å²) in [5, 5.41) is 3.98. The van der Waals surface area contributed by atoms with Crippen LogP contribution in [0.2, 0.25) is 0 Å². The van der Waals surface area contributed by atoms with Crippen molar-refractivity contribution in [3.05, 3.63) is 34.3 Å². The molecule has 2 aromatic heterocycles. The number of carbonyl (C=O) groups excluding carboxylic acids is 1. The van der Waals surface area contributed by atoms with Crippen LogP contribution >= 0.6 is 15.9 Å². The van der Waals surface area contributed by atoms with E-state index in [1.807, 2.05) is 6.92 Å². The van der Waals surface area contributed by atoms with Gasteiger partial charge in [-0.3, -0.25) is 4.79 Å². The monoisotopic (exact) mass is 339 g/mol. The van der Waals surface area contributed by atoms with E-state index in [2.05, 4.69) is 26.1 Å². The van der Waals surface area contributed by atoms with Crippen molar-refractivity contribution in [2.24, 2.45) is 0 Å². The van der Waals surface area contributed by atoms with Gasteiger partial charge in [0.05, 0.1) is 6.04 Å². The van der Waals surface area contributed by atoms with Crippen LogP contribution in [0.25, 0.3) is 0 Å². The van der Waals surface area contributed by atoms with Gasteiger partial charge in [-0.2, -0.15) is 4.98 Å². The minimum absolute atomic E-state index is 0.129. The average molecular weight is 340 g/mol. The van der Waals surface area contributed by atoms with Crippen molar-refractivity contribution < 1.29 is 13.7 Å². The number of aromatic nitrogens is 2. The van der Waals surface area contributed by atoms with E-state index < -0.39 is 0 Å². The van der Waals surface area contributed by atoms with E-state index in [1.54, 1.807) is 17.0 Å². The fraction of sp³-hybridized carbons (Fsp3) is 0.462. The summed E-state index contributed by atoms with van der Waals surface area (Å²) in [6.45, 7) is 2.63.